The molecule has 1 unspecified atom stereocenters. The molecule has 0 aliphatic carbocycles. The lowest BCUT2D eigenvalue weighted by Crippen LogP contribution is -2.33. The minimum Gasteiger partial charge on any atom is -0.368 e. The van der Waals surface area contributed by atoms with E-state index in [-0.39, 0.29) is 5.91 Å². The van der Waals surface area contributed by atoms with Crippen molar-refractivity contribution in [3.8, 4) is 6.07 Å². The number of hydrogen-bond donors (Lipinski definition) is 1. The van der Waals surface area contributed by atoms with Gasteiger partial charge in [0, 0.05) is 12.0 Å². The Kier molecular flexibility index (Phi) is 3.80. The van der Waals surface area contributed by atoms with Crippen LogP contribution in [0.25, 0.3) is 10.9 Å². The van der Waals surface area contributed by atoms with Gasteiger partial charge in [-0.15, -0.1) is 0 Å². The number of para-hydroxylation sites is 1. The van der Waals surface area contributed by atoms with Crippen molar-refractivity contribution in [1.29, 1.82) is 5.26 Å². The van der Waals surface area contributed by atoms with Crippen molar-refractivity contribution in [3.63, 3.8) is 0 Å². The van der Waals surface area contributed by atoms with E-state index in [1.807, 2.05) is 24.3 Å². The second-order valence-corrected chi connectivity index (χ2v) is 5.03. The number of carbonyl (C=O) groups excluding carboxylic acids is 1. The van der Waals surface area contributed by atoms with Crippen LogP contribution in [0.1, 0.15) is 25.0 Å². The largest absolute Gasteiger partial charge is 0.368 e. The average Bonchev–Trinajstić information content (AvgIpc) is 2.55. The van der Waals surface area contributed by atoms with Crippen LogP contribution in [0.5, 0.6) is 0 Å². The number of benzene rings is 1. The number of fused-ring (bicyclic) bond motifs is 1. The third-order valence-corrected chi connectivity index (χ3v) is 3.56. The molecule has 1 atom stereocenters. The van der Waals surface area contributed by atoms with Crippen LogP contribution >= 0.6 is 0 Å². The highest BCUT2D eigenvalue weighted by molar-refractivity contribution is 6.02. The molecular formula is C16H15N3O2. The maximum atomic E-state index is 12.2. The minimum absolute atomic E-state index is 0.147. The molecule has 0 radical (unpaired) electrons. The number of ether oxygens (including phenoxy) is 1. The van der Waals surface area contributed by atoms with Crippen molar-refractivity contribution in [2.45, 2.75) is 25.4 Å². The van der Waals surface area contributed by atoms with Gasteiger partial charge in [0.2, 0.25) is 0 Å². The molecule has 2 aromatic rings. The third-order valence-electron chi connectivity index (χ3n) is 3.56. The van der Waals surface area contributed by atoms with Gasteiger partial charge in [0.05, 0.1) is 11.2 Å². The summed E-state index contributed by atoms with van der Waals surface area (Å²) in [5, 5.41) is 12.7. The first kappa shape index (κ1) is 13.5. The molecule has 0 bridgehead atoms. The van der Waals surface area contributed by atoms with E-state index in [0.717, 1.165) is 24.6 Å². The molecular weight excluding hydrogens is 266 g/mol. The number of nitriles is 1. The lowest BCUT2D eigenvalue weighted by Gasteiger charge is -2.21. The molecule has 1 aliphatic rings. The Morgan fingerprint density at radius 3 is 3.00 bits per heavy atom. The number of nitrogens with one attached hydrogen (secondary N) is 1. The molecule has 1 amide bonds. The van der Waals surface area contributed by atoms with E-state index in [9.17, 15) is 4.79 Å². The smallest absolute Gasteiger partial charge is 0.253 e. The first-order valence-electron chi connectivity index (χ1n) is 7.00. The lowest BCUT2D eigenvalue weighted by molar-refractivity contribution is -0.129. The molecule has 21 heavy (non-hydrogen) atoms. The number of amides is 1. The van der Waals surface area contributed by atoms with E-state index < -0.39 is 6.10 Å². The second-order valence-electron chi connectivity index (χ2n) is 5.03. The predicted octanol–water partition coefficient (Wildman–Crippen LogP) is 2.61. The zero-order valence-electron chi connectivity index (χ0n) is 11.5. The maximum Gasteiger partial charge on any atom is 0.253 e. The van der Waals surface area contributed by atoms with Gasteiger partial charge in [0.25, 0.3) is 5.91 Å². The van der Waals surface area contributed by atoms with E-state index >= 15 is 0 Å². The van der Waals surface area contributed by atoms with Crippen LogP contribution in [-0.4, -0.2) is 23.6 Å². The van der Waals surface area contributed by atoms with Crippen LogP contribution in [0.2, 0.25) is 0 Å². The van der Waals surface area contributed by atoms with Gasteiger partial charge in [-0.2, -0.15) is 5.26 Å². The number of rotatable bonds is 2. The molecule has 106 valence electrons. The first-order chi connectivity index (χ1) is 10.3. The summed E-state index contributed by atoms with van der Waals surface area (Å²) in [6.45, 7) is 0.629. The van der Waals surface area contributed by atoms with Crippen molar-refractivity contribution >= 4 is 22.5 Å². The average molecular weight is 281 g/mol. The highest BCUT2D eigenvalue weighted by atomic mass is 16.5. The first-order valence-corrected chi connectivity index (χ1v) is 7.00. The molecule has 2 heterocycles. The summed E-state index contributed by atoms with van der Waals surface area (Å²) in [6.07, 6.45) is 2.36. The fraction of sp³-hybridized carbons (Fsp3) is 0.312. The van der Waals surface area contributed by atoms with E-state index in [2.05, 4.69) is 10.3 Å². The van der Waals surface area contributed by atoms with Gasteiger partial charge in [-0.1, -0.05) is 12.1 Å². The number of carbonyl (C=O) groups is 1. The number of hydrogen-bond acceptors (Lipinski definition) is 4. The fourth-order valence-corrected chi connectivity index (χ4v) is 2.47. The van der Waals surface area contributed by atoms with Crippen LogP contribution in [0.4, 0.5) is 5.69 Å². The normalized spacial score (nSPS) is 18.1. The van der Waals surface area contributed by atoms with Crippen molar-refractivity contribution in [2.75, 3.05) is 11.9 Å². The van der Waals surface area contributed by atoms with Gasteiger partial charge < -0.3 is 10.1 Å². The molecule has 5 nitrogen and oxygen atoms in total. The van der Waals surface area contributed by atoms with E-state index in [4.69, 9.17) is 10.00 Å². The monoisotopic (exact) mass is 281 g/mol. The zero-order valence-corrected chi connectivity index (χ0v) is 11.5. The summed E-state index contributed by atoms with van der Waals surface area (Å²) >= 11 is 0. The lowest BCUT2D eigenvalue weighted by atomic mass is 10.1. The van der Waals surface area contributed by atoms with Gasteiger partial charge in [-0.25, -0.2) is 4.98 Å². The van der Waals surface area contributed by atoms with Crippen molar-refractivity contribution in [3.05, 3.63) is 36.0 Å². The van der Waals surface area contributed by atoms with E-state index in [1.54, 1.807) is 12.1 Å². The topological polar surface area (TPSA) is 75.0 Å². The second kappa shape index (κ2) is 5.90. The number of aromatic nitrogens is 1. The number of anilines is 1. The van der Waals surface area contributed by atoms with Gasteiger partial charge in [-0.3, -0.25) is 4.79 Å². The van der Waals surface area contributed by atoms with Crippen LogP contribution in [0, 0.1) is 11.3 Å². The highest BCUT2D eigenvalue weighted by Gasteiger charge is 2.22. The molecule has 1 aromatic heterocycles. The summed E-state index contributed by atoms with van der Waals surface area (Å²) in [4.78, 5) is 16.5. The predicted molar refractivity (Wildman–Crippen MR) is 78.7 cm³/mol. The molecule has 1 aliphatic heterocycles. The Hall–Kier alpha value is -2.45. The quantitative estimate of drug-likeness (QED) is 0.918. The van der Waals surface area contributed by atoms with Crippen LogP contribution in [0.3, 0.4) is 0 Å². The Morgan fingerprint density at radius 1 is 1.33 bits per heavy atom. The van der Waals surface area contributed by atoms with Crippen molar-refractivity contribution in [2.24, 2.45) is 0 Å². The van der Waals surface area contributed by atoms with Crippen LogP contribution in [-0.2, 0) is 9.53 Å². The Bertz CT molecular complexity index is 715. The molecule has 0 saturated carbocycles. The Balaban J connectivity index is 1.89. The fourth-order valence-electron chi connectivity index (χ4n) is 2.47. The molecule has 0 spiro atoms. The van der Waals surface area contributed by atoms with Crippen molar-refractivity contribution in [1.82, 2.24) is 4.98 Å². The molecule has 1 fully saturated rings. The highest BCUT2D eigenvalue weighted by Crippen LogP contribution is 2.23. The molecule has 5 heteroatoms. The van der Waals surface area contributed by atoms with Gasteiger partial charge in [0.15, 0.2) is 0 Å². The van der Waals surface area contributed by atoms with Gasteiger partial charge in [-0.05, 0) is 37.5 Å². The zero-order chi connectivity index (χ0) is 14.7. The third kappa shape index (κ3) is 2.86. The number of nitrogens with zero attached hydrogens (tertiary/aromatic N) is 2. The van der Waals surface area contributed by atoms with E-state index in [1.165, 1.54) is 0 Å². The molecule has 1 saturated heterocycles. The molecule has 1 aromatic carbocycles. The van der Waals surface area contributed by atoms with Crippen LogP contribution in [0.15, 0.2) is 30.3 Å². The number of pyridine rings is 1. The van der Waals surface area contributed by atoms with Crippen molar-refractivity contribution < 1.29 is 9.53 Å². The molecule has 1 N–H and O–H groups in total. The van der Waals surface area contributed by atoms with E-state index in [0.29, 0.717) is 23.5 Å². The molecule has 3 rings (SSSR count). The van der Waals surface area contributed by atoms with Gasteiger partial charge in [0.1, 0.15) is 17.9 Å². The summed E-state index contributed by atoms with van der Waals surface area (Å²) in [7, 11) is 0. The summed E-state index contributed by atoms with van der Waals surface area (Å²) in [5.41, 5.74) is 1.57. The Labute approximate surface area is 122 Å². The summed E-state index contributed by atoms with van der Waals surface area (Å²) < 4.78 is 5.48. The standard InChI is InChI=1S/C16H15N3O2/c17-10-12-8-7-11-4-3-5-13(15(11)18-12)19-16(20)14-6-1-2-9-21-14/h3-5,7-8,14H,1-2,6,9H2,(H,19,20). The van der Waals surface area contributed by atoms with Gasteiger partial charge >= 0.3 is 0 Å². The SMILES string of the molecule is N#Cc1ccc2cccc(NC(=O)C3CCCCO3)c2n1. The maximum absolute atomic E-state index is 12.2. The minimum atomic E-state index is -0.395. The van der Waals surface area contributed by atoms with Crippen LogP contribution < -0.4 is 5.32 Å². The summed E-state index contributed by atoms with van der Waals surface area (Å²) in [5.74, 6) is -0.147. The Morgan fingerprint density at radius 2 is 2.24 bits per heavy atom. The summed E-state index contributed by atoms with van der Waals surface area (Å²) in [6, 6.07) is 11.0.